The Balaban J connectivity index is 1.88. The van der Waals surface area contributed by atoms with Gasteiger partial charge in [0.1, 0.15) is 0 Å². The molecule has 2 rings (SSSR count). The van der Waals surface area contributed by atoms with E-state index in [1.807, 2.05) is 25.1 Å². The molecule has 1 amide bonds. The lowest BCUT2D eigenvalue weighted by Gasteiger charge is -2.13. The summed E-state index contributed by atoms with van der Waals surface area (Å²) >= 11 is 0. The largest absolute Gasteiger partial charge is 0.376 e. The first kappa shape index (κ1) is 19.6. The fourth-order valence-corrected chi connectivity index (χ4v) is 3.10. The Morgan fingerprint density at radius 1 is 1.15 bits per heavy atom. The van der Waals surface area contributed by atoms with Crippen LogP contribution in [0, 0.1) is 0 Å². The van der Waals surface area contributed by atoms with Gasteiger partial charge in [0, 0.05) is 45.9 Å². The summed E-state index contributed by atoms with van der Waals surface area (Å²) in [5.41, 5.74) is 1.43. The van der Waals surface area contributed by atoms with E-state index in [-0.39, 0.29) is 17.3 Å². The average Bonchev–Trinajstić information content (AvgIpc) is 2.59. The van der Waals surface area contributed by atoms with Crippen molar-refractivity contribution in [1.82, 2.24) is 14.9 Å². The zero-order valence-corrected chi connectivity index (χ0v) is 15.7. The van der Waals surface area contributed by atoms with Crippen LogP contribution in [0.5, 0.6) is 0 Å². The van der Waals surface area contributed by atoms with E-state index < -0.39 is 10.0 Å². The Morgan fingerprint density at radius 2 is 1.85 bits per heavy atom. The van der Waals surface area contributed by atoms with Crippen LogP contribution in [0.1, 0.15) is 6.92 Å². The Bertz CT molecular complexity index is 853. The zero-order valence-electron chi connectivity index (χ0n) is 14.9. The number of benzene rings is 1. The topological polar surface area (TPSA) is 116 Å². The number of nitrogens with zero attached hydrogens (tertiary/aromatic N) is 3. The van der Waals surface area contributed by atoms with E-state index in [1.165, 1.54) is 31.2 Å². The number of amides is 1. The Hall–Kier alpha value is -2.72. The lowest BCUT2D eigenvalue weighted by molar-refractivity contribution is -0.114. The first-order valence-electron chi connectivity index (χ1n) is 7.89. The standard InChI is InChI=1S/C16H22N6O3S/c1-12(23)20-13-4-6-15(7-5-13)26(24,25)19-9-8-17-16-10-14(22(2)3)11-18-21-16/h4-7,10-11,19H,8-9H2,1-3H3,(H,17,21)(H,20,23). The van der Waals surface area contributed by atoms with Gasteiger partial charge in [-0.15, -0.1) is 5.10 Å². The maximum Gasteiger partial charge on any atom is 0.240 e. The summed E-state index contributed by atoms with van der Waals surface area (Å²) in [5.74, 6) is 0.348. The lowest BCUT2D eigenvalue weighted by atomic mass is 10.3. The normalized spacial score (nSPS) is 11.0. The van der Waals surface area contributed by atoms with Gasteiger partial charge in [-0.25, -0.2) is 13.1 Å². The van der Waals surface area contributed by atoms with Gasteiger partial charge in [0.25, 0.3) is 0 Å². The van der Waals surface area contributed by atoms with Gasteiger partial charge >= 0.3 is 0 Å². The molecule has 9 nitrogen and oxygen atoms in total. The summed E-state index contributed by atoms with van der Waals surface area (Å²) in [6, 6.07) is 7.77. The average molecular weight is 378 g/mol. The van der Waals surface area contributed by atoms with Crippen LogP contribution in [-0.2, 0) is 14.8 Å². The van der Waals surface area contributed by atoms with Crippen LogP contribution in [0.3, 0.4) is 0 Å². The Labute approximate surface area is 152 Å². The lowest BCUT2D eigenvalue weighted by Crippen LogP contribution is -2.29. The van der Waals surface area contributed by atoms with Gasteiger partial charge < -0.3 is 15.5 Å². The SMILES string of the molecule is CC(=O)Nc1ccc(S(=O)(=O)NCCNc2cc(N(C)C)cnn2)cc1. The minimum Gasteiger partial charge on any atom is -0.376 e. The van der Waals surface area contributed by atoms with E-state index >= 15 is 0 Å². The van der Waals surface area contributed by atoms with Gasteiger partial charge in [0.2, 0.25) is 15.9 Å². The molecule has 1 heterocycles. The highest BCUT2D eigenvalue weighted by Gasteiger charge is 2.13. The molecule has 3 N–H and O–H groups in total. The van der Waals surface area contributed by atoms with Gasteiger partial charge in [0.05, 0.1) is 16.8 Å². The van der Waals surface area contributed by atoms with Crippen LogP contribution in [-0.4, -0.2) is 51.7 Å². The third-order valence-corrected chi connectivity index (χ3v) is 4.84. The summed E-state index contributed by atoms with van der Waals surface area (Å²) in [5, 5.41) is 13.4. The van der Waals surface area contributed by atoms with Crippen LogP contribution in [0.2, 0.25) is 0 Å². The van der Waals surface area contributed by atoms with Crippen molar-refractivity contribution < 1.29 is 13.2 Å². The number of carbonyl (C=O) groups is 1. The first-order valence-corrected chi connectivity index (χ1v) is 9.37. The molecular formula is C16H22N6O3S. The predicted molar refractivity (Wildman–Crippen MR) is 101 cm³/mol. The highest BCUT2D eigenvalue weighted by Crippen LogP contribution is 2.14. The monoisotopic (exact) mass is 378 g/mol. The van der Waals surface area contributed by atoms with Crippen molar-refractivity contribution >= 4 is 33.1 Å². The second-order valence-corrected chi connectivity index (χ2v) is 7.49. The molecule has 0 unspecified atom stereocenters. The van der Waals surface area contributed by atoms with E-state index in [2.05, 4.69) is 25.6 Å². The summed E-state index contributed by atoms with van der Waals surface area (Å²) in [7, 11) is 0.161. The molecule has 0 aliphatic rings. The molecule has 1 aromatic carbocycles. The molecule has 26 heavy (non-hydrogen) atoms. The number of rotatable bonds is 8. The molecule has 0 aliphatic heterocycles. The molecule has 0 bridgehead atoms. The van der Waals surface area contributed by atoms with E-state index in [9.17, 15) is 13.2 Å². The van der Waals surface area contributed by atoms with Crippen molar-refractivity contribution in [3.05, 3.63) is 36.5 Å². The van der Waals surface area contributed by atoms with E-state index in [0.29, 0.717) is 18.1 Å². The molecule has 0 aliphatic carbocycles. The van der Waals surface area contributed by atoms with Gasteiger partial charge in [-0.2, -0.15) is 5.10 Å². The zero-order chi connectivity index (χ0) is 19.2. The molecule has 140 valence electrons. The molecule has 0 saturated heterocycles. The van der Waals surface area contributed by atoms with Crippen molar-refractivity contribution in [2.75, 3.05) is 42.7 Å². The number of sulfonamides is 1. The fraction of sp³-hybridized carbons (Fsp3) is 0.312. The molecule has 10 heteroatoms. The summed E-state index contributed by atoms with van der Waals surface area (Å²) in [4.78, 5) is 13.0. The minimum atomic E-state index is -3.63. The van der Waals surface area contributed by atoms with Gasteiger partial charge in [-0.1, -0.05) is 0 Å². The molecular weight excluding hydrogens is 356 g/mol. The van der Waals surface area contributed by atoms with Crippen LogP contribution in [0.15, 0.2) is 41.4 Å². The van der Waals surface area contributed by atoms with Crippen LogP contribution in [0.4, 0.5) is 17.2 Å². The number of hydrogen-bond acceptors (Lipinski definition) is 7. The molecule has 2 aromatic rings. The minimum absolute atomic E-state index is 0.126. The van der Waals surface area contributed by atoms with Gasteiger partial charge in [-0.3, -0.25) is 4.79 Å². The smallest absolute Gasteiger partial charge is 0.240 e. The quantitative estimate of drug-likeness (QED) is 0.584. The number of aromatic nitrogens is 2. The highest BCUT2D eigenvalue weighted by atomic mass is 32.2. The summed E-state index contributed by atoms with van der Waals surface area (Å²) in [6.07, 6.45) is 1.64. The number of carbonyl (C=O) groups excluding carboxylic acids is 1. The third kappa shape index (κ3) is 5.67. The molecule has 0 fully saturated rings. The molecule has 0 atom stereocenters. The number of anilines is 3. The number of hydrogen-bond donors (Lipinski definition) is 3. The van der Waals surface area contributed by atoms with Crippen molar-refractivity contribution in [1.29, 1.82) is 0 Å². The Kier molecular flexibility index (Phi) is 6.47. The molecule has 0 saturated carbocycles. The van der Waals surface area contributed by atoms with E-state index in [0.717, 1.165) is 5.69 Å². The highest BCUT2D eigenvalue weighted by molar-refractivity contribution is 7.89. The van der Waals surface area contributed by atoms with Crippen molar-refractivity contribution in [3.63, 3.8) is 0 Å². The van der Waals surface area contributed by atoms with Crippen molar-refractivity contribution in [2.45, 2.75) is 11.8 Å². The van der Waals surface area contributed by atoms with Gasteiger partial charge in [0.15, 0.2) is 5.82 Å². The van der Waals surface area contributed by atoms with Crippen molar-refractivity contribution in [3.8, 4) is 0 Å². The van der Waals surface area contributed by atoms with Crippen LogP contribution < -0.4 is 20.3 Å². The Morgan fingerprint density at radius 3 is 2.46 bits per heavy atom. The van der Waals surface area contributed by atoms with E-state index in [4.69, 9.17) is 0 Å². The van der Waals surface area contributed by atoms with Gasteiger partial charge in [-0.05, 0) is 24.3 Å². The molecule has 0 radical (unpaired) electrons. The second kappa shape index (κ2) is 8.59. The summed E-state index contributed by atoms with van der Waals surface area (Å²) < 4.78 is 27.0. The predicted octanol–water partition coefficient (Wildman–Crippen LogP) is 0.891. The maximum absolute atomic E-state index is 12.3. The summed E-state index contributed by atoms with van der Waals surface area (Å²) in [6.45, 7) is 1.93. The fourth-order valence-electron chi connectivity index (χ4n) is 2.07. The second-order valence-electron chi connectivity index (χ2n) is 5.72. The number of nitrogens with one attached hydrogen (secondary N) is 3. The van der Waals surface area contributed by atoms with Crippen LogP contribution >= 0.6 is 0 Å². The molecule has 0 spiro atoms. The van der Waals surface area contributed by atoms with E-state index in [1.54, 1.807) is 6.20 Å². The van der Waals surface area contributed by atoms with Crippen molar-refractivity contribution in [2.24, 2.45) is 0 Å². The first-order chi connectivity index (χ1) is 12.3. The maximum atomic E-state index is 12.3. The molecule has 1 aromatic heterocycles. The third-order valence-electron chi connectivity index (χ3n) is 3.36. The van der Waals surface area contributed by atoms with Crippen LogP contribution in [0.25, 0.3) is 0 Å².